The largest absolute Gasteiger partial charge is 0.544 e. The minimum Gasteiger partial charge on any atom is -0.544 e. The zero-order valence-corrected chi connectivity index (χ0v) is 10.6. The Kier molecular flexibility index (Phi) is 4.30. The monoisotopic (exact) mass is 276 g/mol. The van der Waals surface area contributed by atoms with Crippen molar-refractivity contribution in [1.29, 1.82) is 0 Å². The van der Waals surface area contributed by atoms with Crippen molar-refractivity contribution in [3.05, 3.63) is 35.0 Å². The van der Waals surface area contributed by atoms with Gasteiger partial charge in [-0.1, -0.05) is 17.8 Å². The van der Waals surface area contributed by atoms with Gasteiger partial charge in [0.15, 0.2) is 5.17 Å². The van der Waals surface area contributed by atoms with E-state index >= 15 is 0 Å². The van der Waals surface area contributed by atoms with E-state index in [4.69, 9.17) is 0 Å². The lowest BCUT2D eigenvalue weighted by Gasteiger charge is -2.14. The number of carboxylic acids is 1. The summed E-state index contributed by atoms with van der Waals surface area (Å²) in [5.41, 5.74) is 0.636. The molecule has 0 spiro atoms. The van der Waals surface area contributed by atoms with E-state index < -0.39 is 5.97 Å². The summed E-state index contributed by atoms with van der Waals surface area (Å²) < 4.78 is 0. The molecule has 1 aliphatic heterocycles. The van der Waals surface area contributed by atoms with Crippen molar-refractivity contribution in [2.24, 2.45) is 4.99 Å². The molecule has 0 fully saturated rings. The van der Waals surface area contributed by atoms with Crippen LogP contribution in [0.1, 0.15) is 12.0 Å². The number of rotatable bonds is 3. The Hall–Kier alpha value is -2.15. The molecule has 1 N–H and O–H groups in total. The van der Waals surface area contributed by atoms with Crippen molar-refractivity contribution in [2.45, 2.75) is 6.42 Å². The molecule has 0 unspecified atom stereocenters. The van der Waals surface area contributed by atoms with Gasteiger partial charge in [0.2, 0.25) is 5.91 Å². The molecule has 7 heteroatoms. The second-order valence-corrected chi connectivity index (χ2v) is 4.70. The number of hydrogen-bond donors (Lipinski definition) is 1. The first kappa shape index (κ1) is 13.3. The van der Waals surface area contributed by atoms with E-state index in [1.807, 2.05) is 0 Å². The Morgan fingerprint density at radius 3 is 3.00 bits per heavy atom. The molecule has 1 aromatic rings. The number of carbonyl (C=O) groups is 2. The number of carbonyl (C=O) groups excluding carboxylic acids is 2. The van der Waals surface area contributed by atoms with Crippen LogP contribution in [0.4, 0.5) is 0 Å². The van der Waals surface area contributed by atoms with Crippen molar-refractivity contribution < 1.29 is 14.7 Å². The van der Waals surface area contributed by atoms with Crippen LogP contribution in [0, 0.1) is 0 Å². The molecular formula is C12H10N3O3S-. The van der Waals surface area contributed by atoms with Crippen LogP contribution in [0.3, 0.4) is 0 Å². The van der Waals surface area contributed by atoms with Crippen LogP contribution in [0.5, 0.6) is 0 Å². The summed E-state index contributed by atoms with van der Waals surface area (Å²) >= 11 is 0.862. The molecule has 2 heterocycles. The first-order valence-corrected chi connectivity index (χ1v) is 6.32. The van der Waals surface area contributed by atoms with Crippen molar-refractivity contribution in [3.8, 4) is 0 Å². The van der Waals surface area contributed by atoms with E-state index in [9.17, 15) is 14.7 Å². The quantitative estimate of drug-likeness (QED) is 0.770. The van der Waals surface area contributed by atoms with Gasteiger partial charge in [0.25, 0.3) is 0 Å². The number of thioether (sulfide) groups is 1. The lowest BCUT2D eigenvalue weighted by Crippen LogP contribution is -2.34. The van der Waals surface area contributed by atoms with Crippen molar-refractivity contribution in [2.75, 3.05) is 6.54 Å². The van der Waals surface area contributed by atoms with Crippen LogP contribution in [0.25, 0.3) is 6.08 Å². The lowest BCUT2D eigenvalue weighted by molar-refractivity contribution is -0.297. The number of nitrogens with one attached hydrogen (secondary N) is 1. The highest BCUT2D eigenvalue weighted by molar-refractivity contribution is 8.18. The topological polar surface area (TPSA) is 94.5 Å². The Morgan fingerprint density at radius 2 is 2.37 bits per heavy atom. The number of aliphatic carboxylic acids is 1. The summed E-state index contributed by atoms with van der Waals surface area (Å²) in [6.45, 7) is 0.362. The summed E-state index contributed by atoms with van der Waals surface area (Å²) in [5, 5.41) is 13.9. The van der Waals surface area contributed by atoms with Crippen molar-refractivity contribution >= 4 is 34.9 Å². The van der Waals surface area contributed by atoms with Gasteiger partial charge in [-0.3, -0.25) is 14.8 Å². The summed E-state index contributed by atoms with van der Waals surface area (Å²) in [6.07, 6.45) is 4.87. The Bertz CT molecular complexity index is 555. The van der Waals surface area contributed by atoms with Crippen molar-refractivity contribution in [1.82, 2.24) is 10.3 Å². The molecule has 0 saturated heterocycles. The molecule has 0 bridgehead atoms. The number of amides is 1. The maximum Gasteiger partial charge on any atom is 0.227 e. The molecule has 0 aliphatic carbocycles. The standard InChI is InChI=1S/C12H11N3O3S/c16-10-3-5-14-12(15-10)19-9(11(17)18)6-8-2-1-4-13-7-8/h1-2,4,6-7H,3,5H2,(H,17,18)(H,14,15,16)/p-1/b9-6+. The number of nitrogens with zero attached hydrogens (tertiary/aromatic N) is 2. The number of aliphatic imine (C=N–C) groups is 1. The average Bonchev–Trinajstić information content (AvgIpc) is 2.39. The van der Waals surface area contributed by atoms with E-state index in [0.717, 1.165) is 11.8 Å². The smallest absolute Gasteiger partial charge is 0.227 e. The van der Waals surface area contributed by atoms with Gasteiger partial charge in [0, 0.05) is 23.7 Å². The van der Waals surface area contributed by atoms with Crippen LogP contribution in [-0.2, 0) is 9.59 Å². The minimum atomic E-state index is -1.32. The third-order valence-electron chi connectivity index (χ3n) is 2.23. The number of hydrogen-bond acceptors (Lipinski definition) is 6. The SMILES string of the molecule is O=C1CCN=C(S/C(=C/c2cccnc2)C(=O)[O-])N1. The third-order valence-corrected chi connectivity index (χ3v) is 3.16. The van der Waals surface area contributed by atoms with E-state index in [1.165, 1.54) is 12.3 Å². The van der Waals surface area contributed by atoms with Crippen LogP contribution in [-0.4, -0.2) is 28.6 Å². The van der Waals surface area contributed by atoms with Gasteiger partial charge < -0.3 is 15.2 Å². The maximum atomic E-state index is 11.2. The highest BCUT2D eigenvalue weighted by atomic mass is 32.2. The van der Waals surface area contributed by atoms with E-state index in [2.05, 4.69) is 15.3 Å². The fourth-order valence-corrected chi connectivity index (χ4v) is 2.19. The zero-order chi connectivity index (χ0) is 13.7. The van der Waals surface area contributed by atoms with Gasteiger partial charge in [0.05, 0.1) is 12.5 Å². The molecular weight excluding hydrogens is 266 g/mol. The van der Waals surface area contributed by atoms with E-state index in [-0.39, 0.29) is 16.0 Å². The molecule has 19 heavy (non-hydrogen) atoms. The molecule has 98 valence electrons. The van der Waals surface area contributed by atoms with Gasteiger partial charge in [-0.2, -0.15) is 0 Å². The molecule has 6 nitrogen and oxygen atoms in total. The van der Waals surface area contributed by atoms with Gasteiger partial charge in [0.1, 0.15) is 0 Å². The first-order chi connectivity index (χ1) is 9.15. The Morgan fingerprint density at radius 1 is 1.53 bits per heavy atom. The van der Waals surface area contributed by atoms with Crippen LogP contribution in [0.2, 0.25) is 0 Å². The minimum absolute atomic E-state index is 0.0334. The molecule has 0 radical (unpaired) electrons. The molecule has 0 saturated carbocycles. The predicted octanol–water partition coefficient (Wildman–Crippen LogP) is -0.219. The Balaban J connectivity index is 2.17. The summed E-state index contributed by atoms with van der Waals surface area (Å²) in [7, 11) is 0. The predicted molar refractivity (Wildman–Crippen MR) is 69.9 cm³/mol. The fraction of sp³-hybridized carbons (Fsp3) is 0.167. The van der Waals surface area contributed by atoms with E-state index in [1.54, 1.807) is 18.3 Å². The number of aromatic nitrogens is 1. The summed E-state index contributed by atoms with van der Waals surface area (Å²) in [5.74, 6) is -1.49. The Labute approximate surface area is 113 Å². The summed E-state index contributed by atoms with van der Waals surface area (Å²) in [4.78, 5) is 30.2. The van der Waals surface area contributed by atoms with Crippen LogP contribution in [0.15, 0.2) is 34.4 Å². The van der Waals surface area contributed by atoms with E-state index in [0.29, 0.717) is 18.5 Å². The molecule has 2 rings (SSSR count). The second kappa shape index (κ2) is 6.14. The molecule has 0 aromatic carbocycles. The van der Waals surface area contributed by atoms with Gasteiger partial charge in [-0.05, 0) is 17.7 Å². The van der Waals surface area contributed by atoms with Gasteiger partial charge >= 0.3 is 0 Å². The van der Waals surface area contributed by atoms with Crippen LogP contribution < -0.4 is 10.4 Å². The second-order valence-electron chi connectivity index (χ2n) is 3.67. The first-order valence-electron chi connectivity index (χ1n) is 5.50. The van der Waals surface area contributed by atoms with Gasteiger partial charge in [-0.25, -0.2) is 0 Å². The maximum absolute atomic E-state index is 11.2. The highest BCUT2D eigenvalue weighted by Crippen LogP contribution is 2.20. The summed E-state index contributed by atoms with van der Waals surface area (Å²) in [6, 6.07) is 3.42. The average molecular weight is 276 g/mol. The molecule has 1 aromatic heterocycles. The molecule has 0 atom stereocenters. The van der Waals surface area contributed by atoms with Crippen molar-refractivity contribution in [3.63, 3.8) is 0 Å². The number of carboxylic acid groups (broad SMARTS) is 1. The highest BCUT2D eigenvalue weighted by Gasteiger charge is 2.14. The normalized spacial score (nSPS) is 15.7. The molecule has 1 aliphatic rings. The third kappa shape index (κ3) is 3.92. The molecule has 1 amide bonds. The number of pyridine rings is 1. The number of amidine groups is 1. The van der Waals surface area contributed by atoms with Crippen LogP contribution >= 0.6 is 11.8 Å². The lowest BCUT2D eigenvalue weighted by atomic mass is 10.2. The van der Waals surface area contributed by atoms with Gasteiger partial charge in [-0.15, -0.1) is 0 Å². The fourth-order valence-electron chi connectivity index (χ4n) is 1.39. The zero-order valence-electron chi connectivity index (χ0n) is 9.83.